The third-order valence-electron chi connectivity index (χ3n) is 3.30. The van der Waals surface area contributed by atoms with Crippen molar-refractivity contribution in [3.63, 3.8) is 0 Å². The summed E-state index contributed by atoms with van der Waals surface area (Å²) in [6.45, 7) is 11.6. The number of hydrogen-bond acceptors (Lipinski definition) is 3. The second-order valence-electron chi connectivity index (χ2n) is 6.77. The van der Waals surface area contributed by atoms with Gasteiger partial charge in [-0.2, -0.15) is 0 Å². The van der Waals surface area contributed by atoms with Crippen LogP contribution in [-0.4, -0.2) is 28.4 Å². The number of halogens is 1. The number of rotatable bonds is 4. The van der Waals surface area contributed by atoms with Gasteiger partial charge in [0.05, 0.1) is 3.58 Å². The van der Waals surface area contributed by atoms with Crippen LogP contribution < -0.4 is 0 Å². The SMILES string of the molecule is CCCCC1=C(I)C(=O)[C@H](C(C)C)N1C(=O)OC(C)(C)C. The predicted octanol–water partition coefficient (Wildman–Crippen LogP) is 4.67. The van der Waals surface area contributed by atoms with Crippen molar-refractivity contribution < 1.29 is 14.3 Å². The molecule has 0 saturated heterocycles. The summed E-state index contributed by atoms with van der Waals surface area (Å²) in [6.07, 6.45) is 2.31. The molecule has 0 radical (unpaired) electrons. The highest BCUT2D eigenvalue weighted by atomic mass is 127. The van der Waals surface area contributed by atoms with Gasteiger partial charge in [0.1, 0.15) is 11.6 Å². The molecule has 0 saturated carbocycles. The van der Waals surface area contributed by atoms with Crippen molar-refractivity contribution in [2.24, 2.45) is 5.92 Å². The minimum atomic E-state index is -0.564. The standard InChI is InChI=1S/C16H26INO3/c1-7-8-9-11-12(17)14(19)13(10(2)3)18(11)15(20)21-16(4,5)6/h10,13H,7-9H2,1-6H3/t13-/m0/s1. The molecule has 1 rings (SSSR count). The zero-order chi connectivity index (χ0) is 16.4. The molecule has 0 aliphatic carbocycles. The van der Waals surface area contributed by atoms with E-state index < -0.39 is 17.7 Å². The summed E-state index contributed by atoms with van der Waals surface area (Å²) in [5, 5.41) is 0. The molecule has 0 aromatic rings. The summed E-state index contributed by atoms with van der Waals surface area (Å²) in [4.78, 5) is 26.6. The van der Waals surface area contributed by atoms with Gasteiger partial charge >= 0.3 is 6.09 Å². The van der Waals surface area contributed by atoms with Crippen molar-refractivity contribution in [3.05, 3.63) is 9.28 Å². The number of amides is 1. The number of nitrogens with zero attached hydrogens (tertiary/aromatic N) is 1. The topological polar surface area (TPSA) is 46.6 Å². The van der Waals surface area contributed by atoms with Gasteiger partial charge in [-0.15, -0.1) is 0 Å². The zero-order valence-electron chi connectivity index (χ0n) is 13.8. The molecule has 1 amide bonds. The maximum atomic E-state index is 12.6. The monoisotopic (exact) mass is 407 g/mol. The van der Waals surface area contributed by atoms with Crippen LogP contribution in [0.4, 0.5) is 4.79 Å². The van der Waals surface area contributed by atoms with Crippen LogP contribution in [0.5, 0.6) is 0 Å². The summed E-state index contributed by atoms with van der Waals surface area (Å²) in [7, 11) is 0. The average Bonchev–Trinajstić information content (AvgIpc) is 2.58. The largest absolute Gasteiger partial charge is 0.443 e. The molecule has 0 fully saturated rings. The van der Waals surface area contributed by atoms with E-state index in [0.29, 0.717) is 3.58 Å². The van der Waals surface area contributed by atoms with Gasteiger partial charge in [-0.25, -0.2) is 4.79 Å². The van der Waals surface area contributed by atoms with E-state index in [0.717, 1.165) is 25.0 Å². The van der Waals surface area contributed by atoms with Crippen molar-refractivity contribution in [1.82, 2.24) is 4.90 Å². The summed E-state index contributed by atoms with van der Waals surface area (Å²) < 4.78 is 6.19. The first-order valence-electron chi connectivity index (χ1n) is 7.55. The molecule has 1 heterocycles. The molecule has 0 aromatic heterocycles. The summed E-state index contributed by atoms with van der Waals surface area (Å²) >= 11 is 2.07. The lowest BCUT2D eigenvalue weighted by Crippen LogP contribution is -2.45. The lowest BCUT2D eigenvalue weighted by atomic mass is 10.0. The zero-order valence-corrected chi connectivity index (χ0v) is 16.0. The van der Waals surface area contributed by atoms with Crippen molar-refractivity contribution in [2.45, 2.75) is 72.4 Å². The number of carbonyl (C=O) groups is 2. The van der Waals surface area contributed by atoms with Crippen LogP contribution in [0.1, 0.15) is 60.8 Å². The number of carbonyl (C=O) groups excluding carboxylic acids is 2. The second kappa shape index (κ2) is 7.11. The van der Waals surface area contributed by atoms with Crippen molar-refractivity contribution in [2.75, 3.05) is 0 Å². The molecular weight excluding hydrogens is 381 g/mol. The molecule has 5 heteroatoms. The predicted molar refractivity (Wildman–Crippen MR) is 92.3 cm³/mol. The van der Waals surface area contributed by atoms with E-state index in [2.05, 4.69) is 29.5 Å². The fraction of sp³-hybridized carbons (Fsp3) is 0.750. The first-order valence-corrected chi connectivity index (χ1v) is 8.63. The van der Waals surface area contributed by atoms with E-state index in [1.54, 1.807) is 4.90 Å². The Labute approximate surface area is 141 Å². The normalized spacial score (nSPS) is 19.7. The van der Waals surface area contributed by atoms with E-state index in [1.807, 2.05) is 34.6 Å². The molecule has 1 aliphatic rings. The fourth-order valence-corrected chi connectivity index (χ4v) is 3.22. The Morgan fingerprint density at radius 2 is 1.95 bits per heavy atom. The molecule has 0 bridgehead atoms. The quantitative estimate of drug-likeness (QED) is 0.637. The van der Waals surface area contributed by atoms with Crippen molar-refractivity contribution in [1.29, 1.82) is 0 Å². The van der Waals surface area contributed by atoms with Gasteiger partial charge in [0.25, 0.3) is 0 Å². The molecular formula is C16H26INO3. The Balaban J connectivity index is 3.12. The number of allylic oxidation sites excluding steroid dienone is 1. The highest BCUT2D eigenvalue weighted by molar-refractivity contribution is 14.1. The Kier molecular flexibility index (Phi) is 6.25. The minimum Gasteiger partial charge on any atom is -0.443 e. The maximum Gasteiger partial charge on any atom is 0.415 e. The highest BCUT2D eigenvalue weighted by Crippen LogP contribution is 2.37. The highest BCUT2D eigenvalue weighted by Gasteiger charge is 2.44. The molecule has 1 atom stereocenters. The lowest BCUT2D eigenvalue weighted by molar-refractivity contribution is -0.118. The minimum absolute atomic E-state index is 0.0440. The molecule has 0 N–H and O–H groups in total. The average molecular weight is 407 g/mol. The second-order valence-corrected chi connectivity index (χ2v) is 7.85. The molecule has 0 unspecified atom stereocenters. The van der Waals surface area contributed by atoms with Crippen LogP contribution in [0, 0.1) is 5.92 Å². The lowest BCUT2D eigenvalue weighted by Gasteiger charge is -2.31. The van der Waals surface area contributed by atoms with Gasteiger partial charge < -0.3 is 4.74 Å². The Morgan fingerprint density at radius 1 is 1.38 bits per heavy atom. The molecule has 4 nitrogen and oxygen atoms in total. The van der Waals surface area contributed by atoms with Gasteiger partial charge in [-0.3, -0.25) is 9.69 Å². The van der Waals surface area contributed by atoms with Crippen LogP contribution in [0.2, 0.25) is 0 Å². The molecule has 0 aromatic carbocycles. The van der Waals surface area contributed by atoms with E-state index in [1.165, 1.54) is 0 Å². The number of Topliss-reactive ketones (excluding diaryl/α,β-unsaturated/α-hetero) is 1. The van der Waals surface area contributed by atoms with Crippen LogP contribution >= 0.6 is 22.6 Å². The Morgan fingerprint density at radius 3 is 2.38 bits per heavy atom. The van der Waals surface area contributed by atoms with Gasteiger partial charge in [0, 0.05) is 5.70 Å². The maximum absolute atomic E-state index is 12.6. The smallest absolute Gasteiger partial charge is 0.415 e. The first-order chi connectivity index (χ1) is 9.60. The first kappa shape index (κ1) is 18.5. The number of ketones is 1. The van der Waals surface area contributed by atoms with Crippen LogP contribution in [0.25, 0.3) is 0 Å². The van der Waals surface area contributed by atoms with Crippen molar-refractivity contribution in [3.8, 4) is 0 Å². The van der Waals surface area contributed by atoms with Crippen LogP contribution in [0.15, 0.2) is 9.28 Å². The number of hydrogen-bond donors (Lipinski definition) is 0. The molecule has 0 spiro atoms. The number of ether oxygens (including phenoxy) is 1. The van der Waals surface area contributed by atoms with E-state index in [4.69, 9.17) is 4.74 Å². The van der Waals surface area contributed by atoms with Gasteiger partial charge in [0.2, 0.25) is 0 Å². The third-order valence-corrected chi connectivity index (χ3v) is 4.45. The summed E-state index contributed by atoms with van der Waals surface area (Å²) in [6, 6.07) is -0.432. The Bertz CT molecular complexity index is 449. The van der Waals surface area contributed by atoms with Crippen molar-refractivity contribution >= 4 is 34.5 Å². The van der Waals surface area contributed by atoms with Gasteiger partial charge in [0.15, 0.2) is 5.78 Å². The Hall–Kier alpha value is -0.590. The van der Waals surface area contributed by atoms with E-state index in [9.17, 15) is 9.59 Å². The molecule has 1 aliphatic heterocycles. The number of unbranched alkanes of at least 4 members (excludes halogenated alkanes) is 1. The summed E-state index contributed by atoms with van der Waals surface area (Å²) in [5.74, 6) is 0.108. The van der Waals surface area contributed by atoms with Crippen LogP contribution in [0.3, 0.4) is 0 Å². The van der Waals surface area contributed by atoms with Gasteiger partial charge in [-0.05, 0) is 62.1 Å². The summed E-state index contributed by atoms with van der Waals surface area (Å²) in [5.41, 5.74) is 0.265. The fourth-order valence-electron chi connectivity index (χ4n) is 2.37. The van der Waals surface area contributed by atoms with E-state index >= 15 is 0 Å². The third kappa shape index (κ3) is 4.44. The van der Waals surface area contributed by atoms with Gasteiger partial charge in [-0.1, -0.05) is 27.2 Å². The molecule has 21 heavy (non-hydrogen) atoms. The van der Waals surface area contributed by atoms with E-state index in [-0.39, 0.29) is 11.7 Å². The van der Waals surface area contributed by atoms with Crippen LogP contribution in [-0.2, 0) is 9.53 Å². The molecule has 120 valence electrons.